The van der Waals surface area contributed by atoms with E-state index in [1.165, 1.54) is 18.2 Å². The molecular formula is C23H29F3N2O3S. The highest BCUT2D eigenvalue weighted by Crippen LogP contribution is 2.47. The van der Waals surface area contributed by atoms with Gasteiger partial charge in [0.05, 0.1) is 5.60 Å². The van der Waals surface area contributed by atoms with Gasteiger partial charge in [-0.25, -0.2) is 9.18 Å². The minimum atomic E-state index is -2.86. The van der Waals surface area contributed by atoms with E-state index in [4.69, 9.17) is 5.73 Å². The number of amides is 2. The molecule has 0 bridgehead atoms. The predicted octanol–water partition coefficient (Wildman–Crippen LogP) is 6.12. The average Bonchev–Trinajstić information content (AvgIpc) is 3.48. The summed E-state index contributed by atoms with van der Waals surface area (Å²) in [5.74, 6) is 0.0460. The molecule has 0 saturated heterocycles. The number of carbonyl (C=O) groups is 1. The van der Waals surface area contributed by atoms with E-state index < -0.39 is 24.1 Å². The van der Waals surface area contributed by atoms with E-state index in [0.717, 1.165) is 24.0 Å². The molecule has 176 valence electrons. The summed E-state index contributed by atoms with van der Waals surface area (Å²) in [6.07, 6.45) is 1.95. The number of aliphatic hydroxyl groups is 1. The van der Waals surface area contributed by atoms with Crippen LogP contribution in [0.5, 0.6) is 5.75 Å². The van der Waals surface area contributed by atoms with Gasteiger partial charge in [0.2, 0.25) is 0 Å². The fraction of sp³-hybridized carbons (Fsp3) is 0.435. The van der Waals surface area contributed by atoms with Crippen LogP contribution in [-0.2, 0) is 5.60 Å². The summed E-state index contributed by atoms with van der Waals surface area (Å²) in [5.41, 5.74) is 6.97. The molecule has 0 atom stereocenters. The van der Waals surface area contributed by atoms with Crippen molar-refractivity contribution in [2.75, 3.05) is 5.32 Å². The van der Waals surface area contributed by atoms with Gasteiger partial charge < -0.3 is 20.9 Å². The molecule has 2 aromatic carbocycles. The number of thiol groups is 1. The maximum Gasteiger partial charge on any atom is 0.387 e. The fourth-order valence-corrected chi connectivity index (χ4v) is 3.30. The molecule has 0 heterocycles. The molecule has 1 aliphatic rings. The molecule has 0 aliphatic heterocycles. The van der Waals surface area contributed by atoms with Crippen molar-refractivity contribution in [1.29, 1.82) is 0 Å². The molecular weight excluding hydrogens is 441 g/mol. The summed E-state index contributed by atoms with van der Waals surface area (Å²) < 4.78 is 42.2. The zero-order chi connectivity index (χ0) is 24.2. The molecule has 2 aromatic rings. The number of primary amides is 1. The SMILES string of the molecule is CC(C)(O)c1ccc(S)c(F)c1.CC(C)c1cc(OC(F)F)cc(C2CC2)c1NC(N)=O. The highest BCUT2D eigenvalue weighted by Gasteiger charge is 2.29. The molecule has 0 radical (unpaired) electrons. The third kappa shape index (κ3) is 7.34. The van der Waals surface area contributed by atoms with E-state index in [0.29, 0.717) is 16.1 Å². The number of rotatable bonds is 6. The monoisotopic (exact) mass is 470 g/mol. The van der Waals surface area contributed by atoms with E-state index >= 15 is 0 Å². The molecule has 3 rings (SSSR count). The smallest absolute Gasteiger partial charge is 0.387 e. The van der Waals surface area contributed by atoms with Gasteiger partial charge in [0.1, 0.15) is 11.6 Å². The van der Waals surface area contributed by atoms with Gasteiger partial charge in [0.25, 0.3) is 0 Å². The van der Waals surface area contributed by atoms with Crippen molar-refractivity contribution < 1.29 is 27.8 Å². The second-order valence-electron chi connectivity index (χ2n) is 8.50. The van der Waals surface area contributed by atoms with Crippen molar-refractivity contribution in [2.45, 2.75) is 69.5 Å². The fourth-order valence-electron chi connectivity index (χ4n) is 3.16. The van der Waals surface area contributed by atoms with Crippen molar-refractivity contribution in [1.82, 2.24) is 0 Å². The second kappa shape index (κ2) is 10.5. The van der Waals surface area contributed by atoms with Crippen molar-refractivity contribution in [2.24, 2.45) is 5.73 Å². The Labute approximate surface area is 191 Å². The Hall–Kier alpha value is -2.39. The van der Waals surface area contributed by atoms with Crippen molar-refractivity contribution in [3.63, 3.8) is 0 Å². The largest absolute Gasteiger partial charge is 0.435 e. The van der Waals surface area contributed by atoms with Crippen LogP contribution in [0.15, 0.2) is 35.2 Å². The van der Waals surface area contributed by atoms with E-state index in [2.05, 4.69) is 22.7 Å². The van der Waals surface area contributed by atoms with Crippen LogP contribution in [0.1, 0.15) is 69.1 Å². The highest BCUT2D eigenvalue weighted by molar-refractivity contribution is 7.80. The number of ether oxygens (including phenoxy) is 1. The number of alkyl halides is 2. The Morgan fingerprint density at radius 2 is 1.88 bits per heavy atom. The van der Waals surface area contributed by atoms with Gasteiger partial charge >= 0.3 is 12.6 Å². The number of nitrogens with one attached hydrogen (secondary N) is 1. The lowest BCUT2D eigenvalue weighted by atomic mass is 9.95. The number of nitrogens with two attached hydrogens (primary N) is 1. The Bertz CT molecular complexity index is 935. The molecule has 4 N–H and O–H groups in total. The molecule has 1 aliphatic carbocycles. The zero-order valence-corrected chi connectivity index (χ0v) is 19.3. The van der Waals surface area contributed by atoms with Crippen LogP contribution in [-0.4, -0.2) is 17.7 Å². The summed E-state index contributed by atoms with van der Waals surface area (Å²) in [6, 6.07) is 6.94. The Morgan fingerprint density at radius 3 is 2.31 bits per heavy atom. The summed E-state index contributed by atoms with van der Waals surface area (Å²) in [4.78, 5) is 11.5. The van der Waals surface area contributed by atoms with Gasteiger partial charge in [-0.15, -0.1) is 12.6 Å². The molecule has 0 unspecified atom stereocenters. The van der Waals surface area contributed by atoms with E-state index in [1.807, 2.05) is 13.8 Å². The van der Waals surface area contributed by atoms with Gasteiger partial charge in [0.15, 0.2) is 0 Å². The lowest BCUT2D eigenvalue weighted by Crippen LogP contribution is -2.21. The summed E-state index contributed by atoms with van der Waals surface area (Å²) >= 11 is 3.88. The molecule has 1 fully saturated rings. The number of hydrogen-bond acceptors (Lipinski definition) is 4. The van der Waals surface area contributed by atoms with E-state index in [9.17, 15) is 23.1 Å². The van der Waals surface area contributed by atoms with Gasteiger partial charge in [-0.2, -0.15) is 8.78 Å². The normalized spacial score (nSPS) is 13.6. The molecule has 5 nitrogen and oxygen atoms in total. The first-order valence-corrected chi connectivity index (χ1v) is 10.6. The number of urea groups is 1. The molecule has 0 spiro atoms. The quantitative estimate of drug-likeness (QED) is 0.384. The number of halogens is 3. The first-order chi connectivity index (χ1) is 14.8. The maximum atomic E-state index is 12.9. The van der Waals surface area contributed by atoms with E-state index in [1.54, 1.807) is 26.0 Å². The first-order valence-electron chi connectivity index (χ1n) is 10.2. The zero-order valence-electron chi connectivity index (χ0n) is 18.5. The van der Waals surface area contributed by atoms with Crippen LogP contribution in [0, 0.1) is 5.82 Å². The van der Waals surface area contributed by atoms with Crippen LogP contribution < -0.4 is 15.8 Å². The van der Waals surface area contributed by atoms with Crippen LogP contribution in [0.4, 0.5) is 23.7 Å². The predicted molar refractivity (Wildman–Crippen MR) is 121 cm³/mol. The summed E-state index contributed by atoms with van der Waals surface area (Å²) in [6.45, 7) is 4.20. The Morgan fingerprint density at radius 1 is 1.25 bits per heavy atom. The van der Waals surface area contributed by atoms with Crippen LogP contribution in [0.3, 0.4) is 0 Å². The van der Waals surface area contributed by atoms with Crippen molar-refractivity contribution in [3.05, 3.63) is 52.8 Å². The van der Waals surface area contributed by atoms with Crippen LogP contribution in [0.2, 0.25) is 0 Å². The minimum Gasteiger partial charge on any atom is -0.435 e. The van der Waals surface area contributed by atoms with Crippen molar-refractivity contribution in [3.8, 4) is 5.75 Å². The summed E-state index contributed by atoms with van der Waals surface area (Å²) in [7, 11) is 0. The number of anilines is 1. The van der Waals surface area contributed by atoms with Crippen LogP contribution in [0.25, 0.3) is 0 Å². The number of hydrogen-bond donors (Lipinski definition) is 4. The van der Waals surface area contributed by atoms with Crippen molar-refractivity contribution >= 4 is 24.3 Å². The topological polar surface area (TPSA) is 84.6 Å². The average molecular weight is 471 g/mol. The van der Waals surface area contributed by atoms with E-state index in [-0.39, 0.29) is 17.6 Å². The molecule has 32 heavy (non-hydrogen) atoms. The Kier molecular flexibility index (Phi) is 8.47. The number of benzene rings is 2. The molecule has 2 amide bonds. The Balaban J connectivity index is 0.000000258. The highest BCUT2D eigenvalue weighted by atomic mass is 32.1. The third-order valence-electron chi connectivity index (χ3n) is 4.94. The molecule has 1 saturated carbocycles. The first kappa shape index (κ1) is 25.9. The lowest BCUT2D eigenvalue weighted by molar-refractivity contribution is -0.0499. The third-order valence-corrected chi connectivity index (χ3v) is 5.30. The second-order valence-corrected chi connectivity index (χ2v) is 8.98. The summed E-state index contributed by atoms with van der Waals surface area (Å²) in [5, 5.41) is 12.1. The van der Waals surface area contributed by atoms with Gasteiger partial charge in [-0.05, 0) is 79.5 Å². The van der Waals surface area contributed by atoms with Gasteiger partial charge in [0, 0.05) is 10.6 Å². The number of carbonyl (C=O) groups excluding carboxylic acids is 1. The van der Waals surface area contributed by atoms with Gasteiger partial charge in [-0.1, -0.05) is 19.9 Å². The van der Waals surface area contributed by atoms with Gasteiger partial charge in [-0.3, -0.25) is 0 Å². The molecule has 0 aromatic heterocycles. The van der Waals surface area contributed by atoms with Crippen LogP contribution >= 0.6 is 12.6 Å². The standard InChI is InChI=1S/C14H18F2N2O2.C9H11FOS/c1-7(2)10-5-9(20-13(15)16)6-11(8-3-4-8)12(10)18-14(17)19;1-9(2,11)6-3-4-8(12)7(10)5-6/h5-8,13H,3-4H2,1-2H3,(H3,17,18,19);3-5,11-12H,1-2H3. The maximum absolute atomic E-state index is 12.9. The minimum absolute atomic E-state index is 0.0515. The lowest BCUT2D eigenvalue weighted by Gasteiger charge is -2.19. The molecule has 9 heteroatoms.